The van der Waals surface area contributed by atoms with Gasteiger partial charge in [-0.15, -0.1) is 0 Å². The molecule has 2 aliphatic rings. The molecular weight excluding hydrogens is 351 g/mol. The molecule has 0 amide bonds. The van der Waals surface area contributed by atoms with Crippen LogP contribution in [0.4, 0.5) is 17.4 Å². The van der Waals surface area contributed by atoms with Gasteiger partial charge in [-0.2, -0.15) is 13.2 Å². The second kappa shape index (κ2) is 6.36. The Balaban J connectivity index is 2.08. The van der Waals surface area contributed by atoms with Crippen molar-refractivity contribution >= 4 is 25.6 Å². The smallest absolute Gasteiger partial charge is 0.389 e. The lowest BCUT2D eigenvalue weighted by molar-refractivity contribution is -0.0328. The van der Waals surface area contributed by atoms with Crippen molar-refractivity contribution in [2.45, 2.75) is 47.8 Å². The van der Waals surface area contributed by atoms with Gasteiger partial charge in [-0.1, -0.05) is 12.1 Å². The normalized spacial score (nSPS) is 27.7. The van der Waals surface area contributed by atoms with Crippen LogP contribution in [-0.2, 0) is 6.16 Å². The van der Waals surface area contributed by atoms with Crippen LogP contribution in [0.2, 0.25) is 0 Å². The summed E-state index contributed by atoms with van der Waals surface area (Å²) < 4.78 is 52.1. The number of halogens is 4. The van der Waals surface area contributed by atoms with Crippen molar-refractivity contribution in [2.24, 2.45) is 0 Å². The van der Waals surface area contributed by atoms with Gasteiger partial charge in [0.2, 0.25) is 0 Å². The van der Waals surface area contributed by atoms with E-state index in [9.17, 15) is 27.6 Å². The fourth-order valence-corrected chi connectivity index (χ4v) is 5.32. The highest BCUT2D eigenvalue weighted by Crippen LogP contribution is 2.63. The molecule has 3 rings (SSSR count). The highest BCUT2D eigenvalue weighted by molar-refractivity contribution is 8.00. The Labute approximate surface area is 136 Å². The third kappa shape index (κ3) is 3.58. The Morgan fingerprint density at radius 3 is 2.61 bits per heavy atom. The predicted octanol–water partition coefficient (Wildman–Crippen LogP) is 5.10. The first-order chi connectivity index (χ1) is 10.8. The number of thioether (sulfide) groups is 1. The molecule has 23 heavy (non-hydrogen) atoms. The summed E-state index contributed by atoms with van der Waals surface area (Å²) in [6, 6.07) is 2.85. The highest BCUT2D eigenvalue weighted by Gasteiger charge is 2.39. The van der Waals surface area contributed by atoms with E-state index < -0.39 is 25.7 Å². The molecule has 0 aromatic heterocycles. The Hall–Kier alpha value is -0.620. The molecule has 1 heterocycles. The summed E-state index contributed by atoms with van der Waals surface area (Å²) in [6.45, 7) is 0. The van der Waals surface area contributed by atoms with Crippen LogP contribution in [0, 0.1) is 0 Å². The Morgan fingerprint density at radius 1 is 1.22 bits per heavy atom. The summed E-state index contributed by atoms with van der Waals surface area (Å²) in [5.74, 6) is -1.47. The van der Waals surface area contributed by atoms with E-state index in [0.717, 1.165) is 12.0 Å². The van der Waals surface area contributed by atoms with E-state index >= 15 is 0 Å². The largest absolute Gasteiger partial charge is 0.446 e. The third-order valence-corrected chi connectivity index (χ3v) is 6.28. The van der Waals surface area contributed by atoms with Crippen molar-refractivity contribution in [1.29, 1.82) is 0 Å². The van der Waals surface area contributed by atoms with Gasteiger partial charge in [0.1, 0.15) is 14.1 Å². The molecule has 126 valence electrons. The molecule has 0 bridgehead atoms. The number of aliphatic hydroxyl groups is 2. The minimum atomic E-state index is -4.49. The number of alkyl halides is 3. The average Bonchev–Trinajstić information content (AvgIpc) is 2.74. The molecule has 8 heteroatoms. The van der Waals surface area contributed by atoms with Gasteiger partial charge in [0.05, 0.1) is 6.10 Å². The summed E-state index contributed by atoms with van der Waals surface area (Å²) >= 11 is -0.317. The van der Waals surface area contributed by atoms with Gasteiger partial charge in [0, 0.05) is 16.6 Å². The molecule has 1 aliphatic heterocycles. The van der Waals surface area contributed by atoms with Gasteiger partial charge in [-0.3, -0.25) is 0 Å². The predicted molar refractivity (Wildman–Crippen MR) is 82.9 cm³/mol. The fourth-order valence-electron chi connectivity index (χ4n) is 3.11. The quantitative estimate of drug-likeness (QED) is 0.435. The molecule has 1 aromatic rings. The van der Waals surface area contributed by atoms with Crippen LogP contribution >= 0.6 is 20.0 Å². The molecule has 0 saturated heterocycles. The van der Waals surface area contributed by atoms with E-state index in [1.807, 2.05) is 0 Å². The maximum atomic E-state index is 14.0. The van der Waals surface area contributed by atoms with Crippen molar-refractivity contribution in [3.63, 3.8) is 0 Å². The zero-order chi connectivity index (χ0) is 16.8. The Morgan fingerprint density at radius 2 is 1.96 bits per heavy atom. The highest BCUT2D eigenvalue weighted by atomic mass is 32.2. The van der Waals surface area contributed by atoms with Crippen molar-refractivity contribution in [2.75, 3.05) is 0 Å². The number of allylic oxidation sites excluding steroid dienone is 1. The zero-order valence-electron chi connectivity index (χ0n) is 12.0. The van der Waals surface area contributed by atoms with Gasteiger partial charge in [0.15, 0.2) is 0 Å². The van der Waals surface area contributed by atoms with Crippen LogP contribution in [0.1, 0.15) is 41.8 Å². The average molecular weight is 366 g/mol. The van der Waals surface area contributed by atoms with Crippen LogP contribution in [0.15, 0.2) is 23.1 Å². The number of rotatable bonds is 2. The monoisotopic (exact) mass is 366 g/mol. The van der Waals surface area contributed by atoms with Crippen molar-refractivity contribution in [1.82, 2.24) is 0 Å². The lowest BCUT2D eigenvalue weighted by Gasteiger charge is -2.21. The summed E-state index contributed by atoms with van der Waals surface area (Å²) in [5, 5.41) is 19.8. The Bertz CT molecular complexity index is 647. The van der Waals surface area contributed by atoms with Gasteiger partial charge in [-0.25, -0.2) is 4.20 Å². The maximum absolute atomic E-state index is 14.0. The summed E-state index contributed by atoms with van der Waals surface area (Å²) in [7, 11) is -2.27. The lowest BCUT2D eigenvalue weighted by Crippen LogP contribution is -2.10. The molecule has 1 aromatic carbocycles. The van der Waals surface area contributed by atoms with Gasteiger partial charge in [-0.05, 0) is 53.8 Å². The zero-order valence-corrected chi connectivity index (χ0v) is 13.7. The third-order valence-electron chi connectivity index (χ3n) is 4.06. The van der Waals surface area contributed by atoms with Gasteiger partial charge < -0.3 is 10.2 Å². The van der Waals surface area contributed by atoms with Crippen LogP contribution in [0.3, 0.4) is 0 Å². The second-order valence-electron chi connectivity index (χ2n) is 5.63. The first kappa shape index (κ1) is 17.2. The SMILES string of the molecule is OC1C=C(c2ccc(SC(F)(F)F)c3c2CP(F)C3O)CCC1. The summed E-state index contributed by atoms with van der Waals surface area (Å²) in [4.78, 5) is -0.136. The molecule has 0 spiro atoms. The number of hydrogen-bond acceptors (Lipinski definition) is 3. The summed E-state index contributed by atoms with van der Waals surface area (Å²) in [6.07, 6.45) is 3.16. The summed E-state index contributed by atoms with van der Waals surface area (Å²) in [5.41, 5.74) is -2.48. The number of fused-ring (bicyclic) bond motifs is 1. The van der Waals surface area contributed by atoms with E-state index in [2.05, 4.69) is 0 Å². The fraction of sp³-hybridized carbons (Fsp3) is 0.467. The maximum Gasteiger partial charge on any atom is 0.446 e. The molecule has 3 atom stereocenters. The van der Waals surface area contributed by atoms with E-state index in [0.29, 0.717) is 24.0 Å². The van der Waals surface area contributed by atoms with Crippen molar-refractivity contribution in [3.05, 3.63) is 34.9 Å². The lowest BCUT2D eigenvalue weighted by atomic mass is 9.88. The first-order valence-corrected chi connectivity index (χ1v) is 9.48. The molecule has 0 fully saturated rings. The second-order valence-corrected chi connectivity index (χ2v) is 8.35. The van der Waals surface area contributed by atoms with E-state index in [1.165, 1.54) is 6.07 Å². The van der Waals surface area contributed by atoms with Gasteiger partial charge >= 0.3 is 5.51 Å². The van der Waals surface area contributed by atoms with Crippen LogP contribution in [0.25, 0.3) is 5.57 Å². The standard InChI is InChI=1S/C15H15F4O2PS/c16-15(17,18)23-12-5-4-10(8-2-1-3-9(20)6-8)11-7-22(19)14(21)13(11)12/h4-6,9,14,20-21H,1-3,7H2. The van der Waals surface area contributed by atoms with Gasteiger partial charge in [0.25, 0.3) is 0 Å². The molecule has 3 unspecified atom stereocenters. The Kier molecular flexibility index (Phi) is 4.76. The van der Waals surface area contributed by atoms with Crippen LogP contribution in [0.5, 0.6) is 0 Å². The van der Waals surface area contributed by atoms with E-state index in [4.69, 9.17) is 0 Å². The molecule has 2 N–H and O–H groups in total. The molecule has 0 saturated carbocycles. The van der Waals surface area contributed by atoms with Crippen LogP contribution in [-0.4, -0.2) is 21.8 Å². The molecule has 2 nitrogen and oxygen atoms in total. The van der Waals surface area contributed by atoms with E-state index in [-0.39, 0.29) is 28.4 Å². The molecular formula is C15H15F4O2PS. The minimum Gasteiger partial charge on any atom is -0.389 e. The number of aliphatic hydroxyl groups excluding tert-OH is 2. The molecule has 1 aliphatic carbocycles. The topological polar surface area (TPSA) is 40.5 Å². The number of benzene rings is 1. The first-order valence-electron chi connectivity index (χ1n) is 7.17. The molecule has 0 radical (unpaired) electrons. The van der Waals surface area contributed by atoms with Crippen LogP contribution < -0.4 is 0 Å². The van der Waals surface area contributed by atoms with Crippen molar-refractivity contribution < 1.29 is 27.6 Å². The minimum absolute atomic E-state index is 0.0408. The van der Waals surface area contributed by atoms with Crippen molar-refractivity contribution in [3.8, 4) is 0 Å². The number of hydrogen-bond donors (Lipinski definition) is 2. The van der Waals surface area contributed by atoms with E-state index in [1.54, 1.807) is 12.1 Å².